The summed E-state index contributed by atoms with van der Waals surface area (Å²) < 4.78 is 0. The Kier molecular flexibility index (Phi) is 3.35. The Balaban J connectivity index is 2.32. The zero-order valence-electron chi connectivity index (χ0n) is 11.9. The molecule has 4 nitrogen and oxygen atoms in total. The molecule has 1 N–H and O–H groups in total. The minimum Gasteiger partial charge on any atom is -0.326 e. The van der Waals surface area contributed by atoms with Crippen LogP contribution in [0.3, 0.4) is 0 Å². The van der Waals surface area contributed by atoms with Crippen molar-refractivity contribution in [2.45, 2.75) is 34.1 Å². The number of nitrogens with zero attached hydrogens (tertiary/aromatic N) is 1. The summed E-state index contributed by atoms with van der Waals surface area (Å²) in [4.78, 5) is 25.3. The van der Waals surface area contributed by atoms with Gasteiger partial charge in [-0.3, -0.25) is 9.59 Å². The smallest absolute Gasteiger partial charge is 0.232 e. The van der Waals surface area contributed by atoms with E-state index in [-0.39, 0.29) is 11.8 Å². The summed E-state index contributed by atoms with van der Waals surface area (Å²) in [6.45, 7) is 7.96. The Morgan fingerprint density at radius 1 is 1.26 bits per heavy atom. The molecule has 0 fully saturated rings. The van der Waals surface area contributed by atoms with Crippen molar-refractivity contribution in [2.24, 2.45) is 5.41 Å². The molecule has 102 valence electrons. The fourth-order valence-corrected chi connectivity index (χ4v) is 2.28. The number of rotatable bonds is 1. The van der Waals surface area contributed by atoms with Gasteiger partial charge < -0.3 is 10.2 Å². The predicted molar refractivity (Wildman–Crippen MR) is 76.3 cm³/mol. The minimum absolute atomic E-state index is 0.105. The second kappa shape index (κ2) is 4.68. The first-order chi connectivity index (χ1) is 8.79. The molecule has 0 saturated carbocycles. The summed E-state index contributed by atoms with van der Waals surface area (Å²) in [5.74, 6) is 0.0119. The number of amides is 2. The molecule has 1 aliphatic rings. The molecule has 1 heterocycles. The second-order valence-corrected chi connectivity index (χ2v) is 5.98. The number of carbonyl (C=O) groups excluding carboxylic acids is 2. The Labute approximate surface area is 113 Å². The lowest BCUT2D eigenvalue weighted by molar-refractivity contribution is -0.125. The number of fused-ring (bicyclic) bond motifs is 1. The lowest BCUT2D eigenvalue weighted by Crippen LogP contribution is -2.38. The zero-order chi connectivity index (χ0) is 14.2. The zero-order valence-corrected chi connectivity index (χ0v) is 11.9. The Morgan fingerprint density at radius 3 is 2.53 bits per heavy atom. The topological polar surface area (TPSA) is 49.4 Å². The Morgan fingerprint density at radius 2 is 1.95 bits per heavy atom. The first-order valence-electron chi connectivity index (χ1n) is 6.51. The monoisotopic (exact) mass is 260 g/mol. The molecule has 0 spiro atoms. The van der Waals surface area contributed by atoms with Crippen LogP contribution in [0.25, 0.3) is 0 Å². The van der Waals surface area contributed by atoms with Crippen LogP contribution in [-0.4, -0.2) is 18.4 Å². The Hall–Kier alpha value is -1.84. The SMILES string of the molecule is CC(=O)Nc1ccc2c(c1)N(C(=O)C(C)(C)C)CC2. The average molecular weight is 260 g/mol. The third-order valence-electron chi connectivity index (χ3n) is 3.19. The number of nitrogens with one attached hydrogen (secondary N) is 1. The van der Waals surface area contributed by atoms with Crippen molar-refractivity contribution < 1.29 is 9.59 Å². The molecule has 0 atom stereocenters. The van der Waals surface area contributed by atoms with Crippen LogP contribution in [-0.2, 0) is 16.0 Å². The molecule has 1 aromatic carbocycles. The summed E-state index contributed by atoms with van der Waals surface area (Å²) >= 11 is 0. The highest BCUT2D eigenvalue weighted by molar-refractivity contribution is 5.99. The van der Waals surface area contributed by atoms with Gasteiger partial charge in [-0.15, -0.1) is 0 Å². The molecule has 0 aromatic heterocycles. The maximum absolute atomic E-state index is 12.4. The van der Waals surface area contributed by atoms with E-state index in [1.165, 1.54) is 6.92 Å². The summed E-state index contributed by atoms with van der Waals surface area (Å²) in [6, 6.07) is 5.75. The molecule has 4 heteroatoms. The van der Waals surface area contributed by atoms with E-state index in [4.69, 9.17) is 0 Å². The van der Waals surface area contributed by atoms with Crippen molar-refractivity contribution in [3.8, 4) is 0 Å². The number of hydrogen-bond acceptors (Lipinski definition) is 2. The lowest BCUT2D eigenvalue weighted by Gasteiger charge is -2.26. The van der Waals surface area contributed by atoms with E-state index in [0.29, 0.717) is 0 Å². The summed E-state index contributed by atoms with van der Waals surface area (Å²) in [6.07, 6.45) is 0.873. The van der Waals surface area contributed by atoms with Gasteiger partial charge in [0.25, 0.3) is 0 Å². The normalized spacial score (nSPS) is 14.2. The second-order valence-electron chi connectivity index (χ2n) is 5.98. The van der Waals surface area contributed by atoms with Crippen LogP contribution in [0.5, 0.6) is 0 Å². The standard InChI is InChI=1S/C15H20N2O2/c1-10(18)16-12-6-5-11-7-8-17(13(11)9-12)14(19)15(2,3)4/h5-6,9H,7-8H2,1-4H3,(H,16,18). The van der Waals surface area contributed by atoms with Gasteiger partial charge in [-0.1, -0.05) is 26.8 Å². The highest BCUT2D eigenvalue weighted by Crippen LogP contribution is 2.33. The maximum Gasteiger partial charge on any atom is 0.232 e. The van der Waals surface area contributed by atoms with Crippen molar-refractivity contribution in [3.05, 3.63) is 23.8 Å². The van der Waals surface area contributed by atoms with Crippen molar-refractivity contribution in [1.29, 1.82) is 0 Å². The van der Waals surface area contributed by atoms with E-state index in [9.17, 15) is 9.59 Å². The fourth-order valence-electron chi connectivity index (χ4n) is 2.28. The van der Waals surface area contributed by atoms with Crippen LogP contribution in [0.4, 0.5) is 11.4 Å². The molecule has 0 radical (unpaired) electrons. The van der Waals surface area contributed by atoms with Gasteiger partial charge in [0.05, 0.1) is 0 Å². The largest absolute Gasteiger partial charge is 0.326 e. The van der Waals surface area contributed by atoms with Crippen molar-refractivity contribution in [3.63, 3.8) is 0 Å². The van der Waals surface area contributed by atoms with Gasteiger partial charge in [0.2, 0.25) is 11.8 Å². The summed E-state index contributed by atoms with van der Waals surface area (Å²) in [5, 5.41) is 2.76. The highest BCUT2D eigenvalue weighted by atomic mass is 16.2. The van der Waals surface area contributed by atoms with E-state index >= 15 is 0 Å². The lowest BCUT2D eigenvalue weighted by atomic mass is 9.94. The van der Waals surface area contributed by atoms with Crippen LogP contribution in [0.15, 0.2) is 18.2 Å². The molecule has 0 unspecified atom stereocenters. The van der Waals surface area contributed by atoms with Crippen LogP contribution in [0.2, 0.25) is 0 Å². The van der Waals surface area contributed by atoms with Gasteiger partial charge in [0.1, 0.15) is 0 Å². The maximum atomic E-state index is 12.4. The summed E-state index contributed by atoms with van der Waals surface area (Å²) in [7, 11) is 0. The van der Waals surface area contributed by atoms with Crippen LogP contribution in [0.1, 0.15) is 33.3 Å². The molecule has 1 aliphatic heterocycles. The number of hydrogen-bond donors (Lipinski definition) is 1. The van der Waals surface area contributed by atoms with E-state index < -0.39 is 5.41 Å². The molecule has 19 heavy (non-hydrogen) atoms. The first-order valence-corrected chi connectivity index (χ1v) is 6.51. The number of carbonyl (C=O) groups is 2. The number of benzene rings is 1. The van der Waals surface area contributed by atoms with Crippen LogP contribution < -0.4 is 10.2 Å². The molecule has 0 saturated heterocycles. The van der Waals surface area contributed by atoms with E-state index in [0.717, 1.165) is 29.9 Å². The van der Waals surface area contributed by atoms with Gasteiger partial charge in [0.15, 0.2) is 0 Å². The van der Waals surface area contributed by atoms with Gasteiger partial charge in [-0.05, 0) is 24.1 Å². The van der Waals surface area contributed by atoms with Crippen LogP contribution >= 0.6 is 0 Å². The quantitative estimate of drug-likeness (QED) is 0.843. The molecule has 2 rings (SSSR count). The van der Waals surface area contributed by atoms with Gasteiger partial charge >= 0.3 is 0 Å². The van der Waals surface area contributed by atoms with Crippen molar-refractivity contribution in [1.82, 2.24) is 0 Å². The predicted octanol–water partition coefficient (Wildman–Crippen LogP) is 2.58. The molecule has 0 aliphatic carbocycles. The van der Waals surface area contributed by atoms with E-state index in [1.54, 1.807) is 0 Å². The van der Waals surface area contributed by atoms with Crippen molar-refractivity contribution >= 4 is 23.2 Å². The third-order valence-corrected chi connectivity index (χ3v) is 3.19. The fraction of sp³-hybridized carbons (Fsp3) is 0.467. The highest BCUT2D eigenvalue weighted by Gasteiger charge is 2.32. The average Bonchev–Trinajstić information content (AvgIpc) is 2.68. The summed E-state index contributed by atoms with van der Waals surface area (Å²) in [5.41, 5.74) is 2.42. The van der Waals surface area contributed by atoms with E-state index in [1.807, 2.05) is 43.9 Å². The molecule has 0 bridgehead atoms. The number of anilines is 2. The van der Waals surface area contributed by atoms with Gasteiger partial charge in [0, 0.05) is 30.3 Å². The molecule has 1 aromatic rings. The van der Waals surface area contributed by atoms with Crippen molar-refractivity contribution in [2.75, 3.05) is 16.8 Å². The minimum atomic E-state index is -0.397. The van der Waals surface area contributed by atoms with Crippen LogP contribution in [0, 0.1) is 5.41 Å². The molecular formula is C15H20N2O2. The molecular weight excluding hydrogens is 240 g/mol. The third kappa shape index (κ3) is 2.78. The van der Waals surface area contributed by atoms with Gasteiger partial charge in [-0.25, -0.2) is 0 Å². The first kappa shape index (κ1) is 13.6. The Bertz CT molecular complexity index is 529. The van der Waals surface area contributed by atoms with Gasteiger partial charge in [-0.2, -0.15) is 0 Å². The van der Waals surface area contributed by atoms with E-state index in [2.05, 4.69) is 5.32 Å². The molecule has 2 amide bonds.